The summed E-state index contributed by atoms with van der Waals surface area (Å²) in [6.45, 7) is 3.08. The second-order valence-corrected chi connectivity index (χ2v) is 8.43. The fourth-order valence-electron chi connectivity index (χ4n) is 3.75. The number of halogens is 1. The van der Waals surface area contributed by atoms with E-state index in [4.69, 9.17) is 25.9 Å². The van der Waals surface area contributed by atoms with E-state index in [9.17, 15) is 0 Å². The number of H-pyrrole nitrogens is 1. The van der Waals surface area contributed by atoms with Crippen LogP contribution in [0.15, 0.2) is 48.9 Å². The number of benzene rings is 1. The number of rotatable bonds is 9. The summed E-state index contributed by atoms with van der Waals surface area (Å²) < 4.78 is 11.8. The number of aromatic amines is 1. The Morgan fingerprint density at radius 1 is 1.09 bits per heavy atom. The number of aromatic nitrogens is 5. The topological polar surface area (TPSA) is 110 Å². The second-order valence-electron chi connectivity index (χ2n) is 8.03. The molecule has 1 aliphatic heterocycles. The van der Waals surface area contributed by atoms with Gasteiger partial charge < -0.3 is 14.8 Å². The third-order valence-electron chi connectivity index (χ3n) is 5.53. The minimum absolute atomic E-state index is 0.331. The molecule has 0 atom stereocenters. The first-order valence-electron chi connectivity index (χ1n) is 11.6. The first-order valence-corrected chi connectivity index (χ1v) is 11.9. The molecule has 0 aliphatic carbocycles. The SMILES string of the molecule is Clc1cc(Nc2ncnc3[nH]nc(OCCN4CCCCCO4)c23)ccc1OCc1ccccn1. The third kappa shape index (κ3) is 5.97. The van der Waals surface area contributed by atoms with Crippen molar-refractivity contribution in [1.29, 1.82) is 0 Å². The van der Waals surface area contributed by atoms with Gasteiger partial charge in [-0.1, -0.05) is 17.7 Å². The average molecular weight is 496 g/mol. The van der Waals surface area contributed by atoms with Gasteiger partial charge in [0, 0.05) is 18.4 Å². The number of nitrogens with one attached hydrogen (secondary N) is 2. The Kier molecular flexibility index (Phi) is 7.52. The molecule has 2 N–H and O–H groups in total. The maximum absolute atomic E-state index is 6.47. The zero-order valence-corrected chi connectivity index (χ0v) is 19.9. The van der Waals surface area contributed by atoms with Crippen molar-refractivity contribution in [2.45, 2.75) is 25.9 Å². The number of hydrogen-bond donors (Lipinski definition) is 2. The highest BCUT2D eigenvalue weighted by Crippen LogP contribution is 2.33. The van der Waals surface area contributed by atoms with Gasteiger partial charge >= 0.3 is 0 Å². The van der Waals surface area contributed by atoms with Gasteiger partial charge in [-0.05, 0) is 49.6 Å². The Morgan fingerprint density at radius 2 is 2.06 bits per heavy atom. The summed E-state index contributed by atoms with van der Waals surface area (Å²) in [6.07, 6.45) is 6.60. The zero-order valence-electron chi connectivity index (χ0n) is 19.1. The van der Waals surface area contributed by atoms with Crippen LogP contribution in [0.3, 0.4) is 0 Å². The number of fused-ring (bicyclic) bond motifs is 1. The van der Waals surface area contributed by atoms with Crippen molar-refractivity contribution < 1.29 is 14.3 Å². The molecule has 3 aromatic heterocycles. The smallest absolute Gasteiger partial charge is 0.246 e. The molecular formula is C24H26ClN7O3. The van der Waals surface area contributed by atoms with Gasteiger partial charge in [-0.2, -0.15) is 5.06 Å². The summed E-state index contributed by atoms with van der Waals surface area (Å²) in [7, 11) is 0. The molecule has 0 saturated carbocycles. The van der Waals surface area contributed by atoms with Gasteiger partial charge in [-0.15, -0.1) is 5.10 Å². The lowest BCUT2D eigenvalue weighted by Gasteiger charge is -2.18. The molecule has 1 fully saturated rings. The van der Waals surface area contributed by atoms with Crippen molar-refractivity contribution in [3.63, 3.8) is 0 Å². The van der Waals surface area contributed by atoms with E-state index in [1.54, 1.807) is 18.3 Å². The minimum Gasteiger partial charge on any atom is -0.486 e. The Hall–Kier alpha value is -3.47. The summed E-state index contributed by atoms with van der Waals surface area (Å²) in [4.78, 5) is 18.7. The van der Waals surface area contributed by atoms with Crippen LogP contribution in [0.1, 0.15) is 25.0 Å². The molecule has 0 bridgehead atoms. The van der Waals surface area contributed by atoms with Crippen molar-refractivity contribution in [1.82, 2.24) is 30.2 Å². The monoisotopic (exact) mass is 495 g/mol. The Bertz CT molecular complexity index is 1250. The second kappa shape index (κ2) is 11.3. The van der Waals surface area contributed by atoms with Gasteiger partial charge in [-0.25, -0.2) is 9.97 Å². The van der Waals surface area contributed by atoms with Crippen LogP contribution in [-0.4, -0.2) is 56.5 Å². The van der Waals surface area contributed by atoms with Gasteiger partial charge in [0.15, 0.2) is 5.65 Å². The summed E-state index contributed by atoms with van der Waals surface area (Å²) >= 11 is 6.47. The molecule has 0 spiro atoms. The molecule has 0 amide bonds. The quantitative estimate of drug-likeness (QED) is 0.346. The number of hydroxylamine groups is 2. The van der Waals surface area contributed by atoms with Crippen molar-refractivity contribution in [2.24, 2.45) is 0 Å². The van der Waals surface area contributed by atoms with E-state index in [-0.39, 0.29) is 0 Å². The predicted octanol–water partition coefficient (Wildman–Crippen LogP) is 4.52. The maximum Gasteiger partial charge on any atom is 0.246 e. The number of pyridine rings is 1. The molecule has 1 saturated heterocycles. The highest BCUT2D eigenvalue weighted by molar-refractivity contribution is 6.32. The molecule has 0 unspecified atom stereocenters. The summed E-state index contributed by atoms with van der Waals surface area (Å²) in [5.74, 6) is 1.56. The molecule has 1 aliphatic rings. The van der Waals surface area contributed by atoms with Crippen LogP contribution >= 0.6 is 11.6 Å². The highest BCUT2D eigenvalue weighted by Gasteiger charge is 2.16. The minimum atomic E-state index is 0.331. The molecule has 5 rings (SSSR count). The molecule has 182 valence electrons. The molecule has 35 heavy (non-hydrogen) atoms. The Morgan fingerprint density at radius 3 is 2.94 bits per heavy atom. The number of anilines is 2. The van der Waals surface area contributed by atoms with Gasteiger partial charge in [0.1, 0.15) is 36.5 Å². The molecule has 4 aromatic rings. The molecule has 0 radical (unpaired) electrons. The van der Waals surface area contributed by atoms with Crippen molar-refractivity contribution in [3.05, 3.63) is 59.6 Å². The Labute approximate surface area is 207 Å². The molecule has 11 heteroatoms. The fourth-order valence-corrected chi connectivity index (χ4v) is 3.98. The number of nitrogens with zero attached hydrogens (tertiary/aromatic N) is 5. The number of hydrogen-bond acceptors (Lipinski definition) is 9. The van der Waals surface area contributed by atoms with Crippen LogP contribution in [0.2, 0.25) is 5.02 Å². The van der Waals surface area contributed by atoms with E-state index < -0.39 is 0 Å². The largest absolute Gasteiger partial charge is 0.486 e. The molecular weight excluding hydrogens is 470 g/mol. The van der Waals surface area contributed by atoms with Crippen molar-refractivity contribution in [2.75, 3.05) is 31.6 Å². The lowest BCUT2D eigenvalue weighted by atomic mass is 10.2. The lowest BCUT2D eigenvalue weighted by Crippen LogP contribution is -2.28. The first kappa shape index (κ1) is 23.3. The van der Waals surface area contributed by atoms with Gasteiger partial charge in [0.05, 0.1) is 23.9 Å². The Balaban J connectivity index is 1.25. The normalized spacial score (nSPS) is 14.5. The highest BCUT2D eigenvalue weighted by atomic mass is 35.5. The zero-order chi connectivity index (χ0) is 23.9. The first-order chi connectivity index (χ1) is 17.3. The van der Waals surface area contributed by atoms with Gasteiger partial charge in [-0.3, -0.25) is 14.9 Å². The van der Waals surface area contributed by atoms with Crippen molar-refractivity contribution >= 4 is 34.1 Å². The van der Waals surface area contributed by atoms with E-state index in [1.807, 2.05) is 29.3 Å². The van der Waals surface area contributed by atoms with Crippen LogP contribution in [0, 0.1) is 0 Å². The van der Waals surface area contributed by atoms with Crippen LogP contribution in [0.5, 0.6) is 11.6 Å². The van der Waals surface area contributed by atoms with Crippen molar-refractivity contribution in [3.8, 4) is 11.6 Å². The summed E-state index contributed by atoms with van der Waals surface area (Å²) in [6, 6.07) is 11.1. The third-order valence-corrected chi connectivity index (χ3v) is 5.82. The molecule has 4 heterocycles. The maximum atomic E-state index is 6.47. The van der Waals surface area contributed by atoms with Crippen LogP contribution < -0.4 is 14.8 Å². The fraction of sp³-hybridized carbons (Fsp3) is 0.333. The number of ether oxygens (including phenoxy) is 2. The van der Waals surface area contributed by atoms with E-state index in [0.29, 0.717) is 53.3 Å². The van der Waals surface area contributed by atoms with E-state index in [1.165, 1.54) is 12.7 Å². The lowest BCUT2D eigenvalue weighted by molar-refractivity contribution is -0.155. The van der Waals surface area contributed by atoms with E-state index in [0.717, 1.165) is 37.4 Å². The van der Waals surface area contributed by atoms with Crippen LogP contribution in [-0.2, 0) is 11.4 Å². The van der Waals surface area contributed by atoms with Crippen LogP contribution in [0.4, 0.5) is 11.5 Å². The van der Waals surface area contributed by atoms with Gasteiger partial charge in [0.2, 0.25) is 5.88 Å². The van der Waals surface area contributed by atoms with E-state index >= 15 is 0 Å². The van der Waals surface area contributed by atoms with Crippen LogP contribution in [0.25, 0.3) is 11.0 Å². The average Bonchev–Trinajstić information content (AvgIpc) is 3.11. The molecule has 10 nitrogen and oxygen atoms in total. The molecule has 1 aromatic carbocycles. The predicted molar refractivity (Wildman–Crippen MR) is 132 cm³/mol. The summed E-state index contributed by atoms with van der Waals surface area (Å²) in [5, 5.41) is 13.6. The standard InChI is InChI=1S/C24H26ClN7O3/c25-19-14-17(7-8-20(19)34-15-18-6-2-3-9-26-18)29-22-21-23(28-16-27-22)30-31-24(21)33-13-11-32-10-4-1-5-12-35-32/h2-3,6-9,14,16H,1,4-5,10-13,15H2,(H2,27,28,29,30,31). The van der Waals surface area contributed by atoms with Gasteiger partial charge in [0.25, 0.3) is 0 Å². The van der Waals surface area contributed by atoms with E-state index in [2.05, 4.69) is 30.5 Å². The summed E-state index contributed by atoms with van der Waals surface area (Å²) in [5.41, 5.74) is 2.14.